The minimum atomic E-state index is -1.46. The second-order valence-corrected chi connectivity index (χ2v) is 6.96. The molecule has 1 atom stereocenters. The number of carboxylic acids is 1. The number of oxime groups is 1. The SMILES string of the molecule is CCOC(=O)C1=C(C(=O)O)N2C(=O)[C@H](NC(=O)/C(=N\OC)c3csc(N)n3)CN2C1. The fourth-order valence-electron chi connectivity index (χ4n) is 3.05. The number of carbonyl (C=O) groups excluding carboxylic acids is 3. The first-order valence-electron chi connectivity index (χ1n) is 8.64. The number of hydrogen-bond donors (Lipinski definition) is 3. The van der Waals surface area contributed by atoms with Crippen LogP contribution in [-0.4, -0.2) is 82.4 Å². The number of fused-ring (bicyclic) bond motifs is 1. The van der Waals surface area contributed by atoms with Gasteiger partial charge < -0.3 is 25.7 Å². The summed E-state index contributed by atoms with van der Waals surface area (Å²) in [6.07, 6.45) is 0. The van der Waals surface area contributed by atoms with Crippen LogP contribution in [0.1, 0.15) is 12.6 Å². The number of amides is 2. The number of carboxylic acid groups (broad SMARTS) is 1. The van der Waals surface area contributed by atoms with E-state index in [2.05, 4.69) is 20.3 Å². The van der Waals surface area contributed by atoms with Crippen LogP contribution in [0.2, 0.25) is 0 Å². The van der Waals surface area contributed by atoms with Crippen molar-refractivity contribution < 1.29 is 33.9 Å². The van der Waals surface area contributed by atoms with Crippen molar-refractivity contribution in [1.82, 2.24) is 20.3 Å². The van der Waals surface area contributed by atoms with Gasteiger partial charge in [-0.2, -0.15) is 0 Å². The summed E-state index contributed by atoms with van der Waals surface area (Å²) in [5.74, 6) is -3.74. The number of anilines is 1. The monoisotopic (exact) mass is 438 g/mol. The fourth-order valence-corrected chi connectivity index (χ4v) is 3.60. The third-order valence-corrected chi connectivity index (χ3v) is 4.89. The lowest BCUT2D eigenvalue weighted by atomic mass is 10.1. The van der Waals surface area contributed by atoms with Crippen LogP contribution in [0.25, 0.3) is 0 Å². The number of nitrogens with zero attached hydrogens (tertiary/aromatic N) is 4. The van der Waals surface area contributed by atoms with Gasteiger partial charge in [-0.15, -0.1) is 11.3 Å². The van der Waals surface area contributed by atoms with Crippen LogP contribution in [0.3, 0.4) is 0 Å². The molecule has 0 aliphatic carbocycles. The van der Waals surface area contributed by atoms with Gasteiger partial charge in [0, 0.05) is 11.9 Å². The van der Waals surface area contributed by atoms with Crippen molar-refractivity contribution >= 4 is 45.9 Å². The van der Waals surface area contributed by atoms with Crippen LogP contribution in [0, 0.1) is 0 Å². The van der Waals surface area contributed by atoms with Gasteiger partial charge in [0.15, 0.2) is 16.5 Å². The highest BCUT2D eigenvalue weighted by atomic mass is 32.1. The third-order valence-electron chi connectivity index (χ3n) is 4.21. The number of ether oxygens (including phenoxy) is 1. The molecule has 160 valence electrons. The number of esters is 1. The second kappa shape index (κ2) is 8.46. The highest BCUT2D eigenvalue weighted by Crippen LogP contribution is 2.30. The predicted octanol–water partition coefficient (Wildman–Crippen LogP) is -1.46. The number of hydrazine groups is 1. The molecular weight excluding hydrogens is 420 g/mol. The number of rotatable bonds is 7. The van der Waals surface area contributed by atoms with E-state index in [9.17, 15) is 24.3 Å². The summed E-state index contributed by atoms with van der Waals surface area (Å²) in [4.78, 5) is 57.8. The highest BCUT2D eigenvalue weighted by Gasteiger charge is 2.49. The first kappa shape index (κ1) is 21.2. The number of hydrogen-bond acceptors (Lipinski definition) is 11. The molecule has 2 aliphatic rings. The molecule has 1 saturated heterocycles. The number of aromatic nitrogens is 1. The quantitative estimate of drug-likeness (QED) is 0.259. The predicted molar refractivity (Wildman–Crippen MR) is 102 cm³/mol. The molecule has 14 heteroatoms. The third kappa shape index (κ3) is 3.81. The Morgan fingerprint density at radius 3 is 2.77 bits per heavy atom. The Kier molecular flexibility index (Phi) is 5.98. The number of nitrogen functional groups attached to an aromatic ring is 1. The van der Waals surface area contributed by atoms with E-state index in [-0.39, 0.29) is 41.8 Å². The summed E-state index contributed by atoms with van der Waals surface area (Å²) in [6.45, 7) is 1.45. The molecule has 0 radical (unpaired) electrons. The molecule has 30 heavy (non-hydrogen) atoms. The van der Waals surface area contributed by atoms with Crippen LogP contribution < -0.4 is 11.1 Å². The van der Waals surface area contributed by atoms with Gasteiger partial charge in [0.05, 0.1) is 18.7 Å². The van der Waals surface area contributed by atoms with Crippen molar-refractivity contribution in [3.05, 3.63) is 22.3 Å². The number of thiazole rings is 1. The van der Waals surface area contributed by atoms with Crippen molar-refractivity contribution in [1.29, 1.82) is 0 Å². The van der Waals surface area contributed by atoms with Gasteiger partial charge in [0.25, 0.3) is 11.8 Å². The lowest BCUT2D eigenvalue weighted by Gasteiger charge is -2.18. The molecule has 4 N–H and O–H groups in total. The number of nitrogens with two attached hydrogens (primary N) is 1. The minimum Gasteiger partial charge on any atom is -0.477 e. The molecule has 1 aromatic heterocycles. The summed E-state index contributed by atoms with van der Waals surface area (Å²) in [6, 6.07) is -1.08. The average Bonchev–Trinajstić information content (AvgIpc) is 3.35. The highest BCUT2D eigenvalue weighted by molar-refractivity contribution is 7.13. The summed E-state index contributed by atoms with van der Waals surface area (Å²) in [7, 11) is 1.24. The Morgan fingerprint density at radius 2 is 2.20 bits per heavy atom. The van der Waals surface area contributed by atoms with Gasteiger partial charge in [-0.05, 0) is 6.92 Å². The molecule has 13 nitrogen and oxygen atoms in total. The lowest BCUT2D eigenvalue weighted by Crippen LogP contribution is -2.46. The van der Waals surface area contributed by atoms with Crippen LogP contribution in [0.15, 0.2) is 21.8 Å². The topological polar surface area (TPSA) is 177 Å². The van der Waals surface area contributed by atoms with Crippen molar-refractivity contribution in [3.8, 4) is 0 Å². The molecule has 0 saturated carbocycles. The molecule has 1 fully saturated rings. The summed E-state index contributed by atoms with van der Waals surface area (Å²) < 4.78 is 4.87. The Bertz CT molecular complexity index is 971. The van der Waals surface area contributed by atoms with E-state index < -0.39 is 35.5 Å². The Balaban J connectivity index is 1.80. The molecule has 0 unspecified atom stereocenters. The Hall–Kier alpha value is -3.52. The molecule has 2 amide bonds. The van der Waals surface area contributed by atoms with E-state index in [0.29, 0.717) is 0 Å². The zero-order valence-electron chi connectivity index (χ0n) is 15.9. The second-order valence-electron chi connectivity index (χ2n) is 6.07. The van der Waals surface area contributed by atoms with E-state index in [1.165, 1.54) is 17.5 Å². The smallest absolute Gasteiger partial charge is 0.354 e. The van der Waals surface area contributed by atoms with Crippen molar-refractivity contribution in [2.75, 3.05) is 32.5 Å². The lowest BCUT2D eigenvalue weighted by molar-refractivity contribution is -0.143. The minimum absolute atomic E-state index is 0.0519. The Morgan fingerprint density at radius 1 is 1.47 bits per heavy atom. The van der Waals surface area contributed by atoms with E-state index in [1.54, 1.807) is 6.92 Å². The molecule has 0 spiro atoms. The first-order valence-corrected chi connectivity index (χ1v) is 9.52. The maximum absolute atomic E-state index is 12.8. The van der Waals surface area contributed by atoms with Gasteiger partial charge in [-0.1, -0.05) is 5.16 Å². The van der Waals surface area contributed by atoms with E-state index in [0.717, 1.165) is 16.3 Å². The van der Waals surface area contributed by atoms with Crippen molar-refractivity contribution in [2.45, 2.75) is 13.0 Å². The van der Waals surface area contributed by atoms with E-state index in [1.807, 2.05) is 0 Å². The zero-order valence-corrected chi connectivity index (χ0v) is 16.8. The van der Waals surface area contributed by atoms with Crippen molar-refractivity contribution in [3.63, 3.8) is 0 Å². The van der Waals surface area contributed by atoms with Gasteiger partial charge in [-0.3, -0.25) is 9.59 Å². The fraction of sp³-hybridized carbons (Fsp3) is 0.375. The van der Waals surface area contributed by atoms with E-state index >= 15 is 0 Å². The number of aliphatic carboxylic acids is 1. The van der Waals surface area contributed by atoms with Crippen molar-refractivity contribution in [2.24, 2.45) is 5.16 Å². The maximum Gasteiger partial charge on any atom is 0.354 e. The molecule has 3 rings (SSSR count). The number of nitrogens with one attached hydrogen (secondary N) is 1. The molecular formula is C16H18N6O7S. The van der Waals surface area contributed by atoms with Gasteiger partial charge in [0.2, 0.25) is 0 Å². The number of carbonyl (C=O) groups is 4. The summed E-state index contributed by atoms with van der Waals surface area (Å²) in [5.41, 5.74) is 4.92. The summed E-state index contributed by atoms with van der Waals surface area (Å²) >= 11 is 1.09. The zero-order chi connectivity index (χ0) is 22.0. The molecule has 2 aliphatic heterocycles. The van der Waals surface area contributed by atoms with Crippen LogP contribution in [-0.2, 0) is 28.8 Å². The normalized spacial score (nSPS) is 19.1. The van der Waals surface area contributed by atoms with E-state index in [4.69, 9.17) is 10.5 Å². The van der Waals surface area contributed by atoms with Gasteiger partial charge in [-0.25, -0.2) is 24.6 Å². The van der Waals surface area contributed by atoms with Gasteiger partial charge in [0.1, 0.15) is 18.8 Å². The summed E-state index contributed by atoms with van der Waals surface area (Å²) in [5, 5.41) is 19.6. The largest absolute Gasteiger partial charge is 0.477 e. The molecule has 0 aromatic carbocycles. The molecule has 1 aromatic rings. The first-order chi connectivity index (χ1) is 14.3. The maximum atomic E-state index is 12.8. The van der Waals surface area contributed by atoms with Crippen LogP contribution in [0.4, 0.5) is 5.13 Å². The van der Waals surface area contributed by atoms with Crippen LogP contribution in [0.5, 0.6) is 0 Å². The Labute approximate surface area is 173 Å². The molecule has 0 bridgehead atoms. The average molecular weight is 438 g/mol. The van der Waals surface area contributed by atoms with Gasteiger partial charge >= 0.3 is 11.9 Å². The standard InChI is InChI=1S/C16H18N6O7S/c1-3-29-15(27)7-4-21-5-8(13(24)22(21)11(7)14(25)26)18-12(23)10(20-28-2)9-6-30-16(17)19-9/h6,8H,3-5H2,1-2H3,(H2,17,19)(H,18,23)(H,25,26)/b20-10-/t8-/m1/s1. The van der Waals surface area contributed by atoms with Crippen LogP contribution >= 0.6 is 11.3 Å². The molecule has 3 heterocycles.